The predicted octanol–water partition coefficient (Wildman–Crippen LogP) is 5.03. The van der Waals surface area contributed by atoms with Crippen LogP contribution in [0.1, 0.15) is 24.1 Å². The van der Waals surface area contributed by atoms with Gasteiger partial charge in [0.25, 0.3) is 0 Å². The van der Waals surface area contributed by atoms with Gasteiger partial charge in [-0.1, -0.05) is 17.7 Å². The molecule has 0 aliphatic carbocycles. The molecule has 153 valence electrons. The summed E-state index contributed by atoms with van der Waals surface area (Å²) >= 11 is 7.02. The first-order chi connectivity index (χ1) is 13.7. The van der Waals surface area contributed by atoms with Crippen LogP contribution in [-0.2, 0) is 21.2 Å². The van der Waals surface area contributed by atoms with Crippen LogP contribution >= 0.6 is 22.9 Å². The topological polar surface area (TPSA) is 68.3 Å². The molecule has 2 aromatic carbocycles. The molecule has 29 heavy (non-hydrogen) atoms. The number of aromatic nitrogens is 1. The molecule has 1 heterocycles. The van der Waals surface area contributed by atoms with Gasteiger partial charge in [-0.05, 0) is 36.8 Å². The molecule has 1 aromatic heterocycles. The highest BCUT2D eigenvalue weighted by Crippen LogP contribution is 2.34. The van der Waals surface area contributed by atoms with E-state index in [4.69, 9.17) is 16.3 Å². The number of thiazole rings is 1. The number of benzene rings is 2. The highest BCUT2D eigenvalue weighted by Gasteiger charge is 2.26. The molecular weight excluding hydrogens is 442 g/mol. The fraction of sp³-hybridized carbons (Fsp3) is 0.211. The van der Waals surface area contributed by atoms with Crippen molar-refractivity contribution in [1.82, 2.24) is 4.98 Å². The van der Waals surface area contributed by atoms with Crippen molar-refractivity contribution in [2.24, 2.45) is 0 Å². The number of methoxy groups -OCH3 is 1. The van der Waals surface area contributed by atoms with Gasteiger partial charge < -0.3 is 10.1 Å². The highest BCUT2D eigenvalue weighted by molar-refractivity contribution is 7.93. The van der Waals surface area contributed by atoms with Crippen molar-refractivity contribution in [1.29, 1.82) is 0 Å². The van der Waals surface area contributed by atoms with Crippen molar-refractivity contribution in [3.8, 4) is 0 Å². The van der Waals surface area contributed by atoms with Crippen LogP contribution in [0, 0.1) is 17.8 Å². The largest absolute Gasteiger partial charge is 0.380 e. The van der Waals surface area contributed by atoms with Gasteiger partial charge in [-0.25, -0.2) is 22.2 Å². The quantitative estimate of drug-likeness (QED) is 0.539. The Morgan fingerprint density at radius 1 is 1.28 bits per heavy atom. The van der Waals surface area contributed by atoms with Crippen LogP contribution in [0.25, 0.3) is 0 Å². The van der Waals surface area contributed by atoms with Gasteiger partial charge in [0.1, 0.15) is 22.7 Å². The molecular formula is C19H16ClF2N2O3S2. The second-order valence-electron chi connectivity index (χ2n) is 6.16. The number of nitrogens with zero attached hydrogens (tertiary/aromatic N) is 1. The maximum atomic E-state index is 14.6. The van der Waals surface area contributed by atoms with Gasteiger partial charge in [-0.2, -0.15) is 0 Å². The van der Waals surface area contributed by atoms with E-state index in [-0.39, 0.29) is 15.0 Å². The monoisotopic (exact) mass is 457 g/mol. The normalized spacial score (nSPS) is 12.7. The van der Waals surface area contributed by atoms with Gasteiger partial charge in [-0.15, -0.1) is 11.3 Å². The first-order valence-electron chi connectivity index (χ1n) is 8.33. The van der Waals surface area contributed by atoms with Crippen LogP contribution in [0.2, 0.25) is 5.02 Å². The van der Waals surface area contributed by atoms with Gasteiger partial charge in [0.2, 0.25) is 14.2 Å². The molecule has 0 bridgehead atoms. The number of anilines is 1. The molecule has 3 rings (SSSR count). The lowest BCUT2D eigenvalue weighted by Gasteiger charge is -2.19. The van der Waals surface area contributed by atoms with E-state index in [0.29, 0.717) is 12.2 Å². The summed E-state index contributed by atoms with van der Waals surface area (Å²) < 4.78 is 58.7. The minimum absolute atomic E-state index is 0.0224. The summed E-state index contributed by atoms with van der Waals surface area (Å²) in [6.45, 7) is 2.00. The molecule has 0 aliphatic heterocycles. The Balaban J connectivity index is 1.91. The molecule has 0 saturated carbocycles. The van der Waals surface area contributed by atoms with Crippen LogP contribution in [0.15, 0.2) is 44.9 Å². The number of hydrogen-bond donors (Lipinski definition) is 1. The molecule has 1 N–H and O–H groups in total. The molecule has 0 aliphatic rings. The number of nitrogens with one attached hydrogen (secondary N) is 1. The molecule has 1 atom stereocenters. The summed E-state index contributed by atoms with van der Waals surface area (Å²) in [7, 11) is -2.62. The lowest BCUT2D eigenvalue weighted by Crippen LogP contribution is -2.11. The lowest BCUT2D eigenvalue weighted by molar-refractivity contribution is 0.184. The van der Waals surface area contributed by atoms with Crippen molar-refractivity contribution in [3.63, 3.8) is 0 Å². The van der Waals surface area contributed by atoms with Crippen molar-refractivity contribution in [3.05, 3.63) is 69.7 Å². The summed E-state index contributed by atoms with van der Waals surface area (Å²) in [6, 6.07) is 5.99. The predicted molar refractivity (Wildman–Crippen MR) is 107 cm³/mol. The first kappa shape index (κ1) is 21.6. The minimum atomic E-state index is -4.15. The highest BCUT2D eigenvalue weighted by atomic mass is 35.5. The summed E-state index contributed by atoms with van der Waals surface area (Å²) in [5, 5.41) is 4.26. The van der Waals surface area contributed by atoms with Crippen LogP contribution in [0.5, 0.6) is 0 Å². The average Bonchev–Trinajstić information content (AvgIpc) is 3.21. The number of rotatable bonds is 7. The Morgan fingerprint density at radius 3 is 2.69 bits per heavy atom. The van der Waals surface area contributed by atoms with E-state index in [0.717, 1.165) is 29.0 Å². The van der Waals surface area contributed by atoms with Crippen molar-refractivity contribution >= 4 is 38.5 Å². The van der Waals surface area contributed by atoms with E-state index in [1.807, 2.05) is 0 Å². The Hall–Kier alpha value is -2.07. The second kappa shape index (κ2) is 8.74. The van der Waals surface area contributed by atoms with E-state index >= 15 is 0 Å². The standard InChI is InChI=1S/C19H16ClF2N2O3S2/c1-11(13-7-12(10-27-2)3-4-15(13)21)24-17-9-16(22)18(8-14(17)20)29(25,26)19-23-5-6-28-19/h3-4,6-9,11,24H,10H2,1-2H3/t11-/m0/s1. The van der Waals surface area contributed by atoms with Crippen LogP contribution in [0.3, 0.4) is 0 Å². The van der Waals surface area contributed by atoms with Gasteiger partial charge in [-0.3, -0.25) is 0 Å². The van der Waals surface area contributed by atoms with Crippen LogP contribution in [0.4, 0.5) is 14.5 Å². The number of halogens is 3. The minimum Gasteiger partial charge on any atom is -0.380 e. The molecule has 0 fully saturated rings. The Kier molecular flexibility index (Phi) is 6.52. The summed E-state index contributed by atoms with van der Waals surface area (Å²) in [5.41, 5.74) is 1.25. The maximum Gasteiger partial charge on any atom is 0.236 e. The molecule has 3 aromatic rings. The Labute approximate surface area is 176 Å². The van der Waals surface area contributed by atoms with Gasteiger partial charge in [0, 0.05) is 18.1 Å². The Bertz CT molecular complexity index is 1120. The van der Waals surface area contributed by atoms with Crippen LogP contribution in [-0.4, -0.2) is 20.5 Å². The zero-order valence-corrected chi connectivity index (χ0v) is 17.8. The number of sulfone groups is 1. The van der Waals surface area contributed by atoms with Crippen molar-refractivity contribution in [2.75, 3.05) is 12.4 Å². The molecule has 0 amide bonds. The first-order valence-corrected chi connectivity index (χ1v) is 11.1. The fourth-order valence-corrected chi connectivity index (χ4v) is 5.20. The van der Waals surface area contributed by atoms with Crippen LogP contribution < -0.4 is 5.32 Å². The third-order valence-corrected chi connectivity index (χ3v) is 7.34. The van der Waals surface area contributed by atoms with E-state index in [2.05, 4.69) is 16.5 Å². The molecule has 1 radical (unpaired) electrons. The summed E-state index contributed by atoms with van der Waals surface area (Å²) in [4.78, 5) is 3.02. The van der Waals surface area contributed by atoms with E-state index in [1.165, 1.54) is 18.6 Å². The third-order valence-electron chi connectivity index (χ3n) is 4.12. The van der Waals surface area contributed by atoms with Crippen molar-refractivity contribution in [2.45, 2.75) is 28.8 Å². The summed E-state index contributed by atoms with van der Waals surface area (Å²) in [5.74, 6) is -1.44. The van der Waals surface area contributed by atoms with Gasteiger partial charge in [0.15, 0.2) is 0 Å². The van der Waals surface area contributed by atoms with Gasteiger partial charge >= 0.3 is 0 Å². The Morgan fingerprint density at radius 2 is 2.03 bits per heavy atom. The number of ether oxygens (including phenoxy) is 1. The zero-order chi connectivity index (χ0) is 21.2. The lowest BCUT2D eigenvalue weighted by atomic mass is 10.0. The summed E-state index contributed by atoms with van der Waals surface area (Å²) in [6.07, 6.45) is 2.39. The van der Waals surface area contributed by atoms with Gasteiger partial charge in [0.05, 0.1) is 23.4 Å². The molecule has 0 spiro atoms. The molecule has 0 saturated heterocycles. The van der Waals surface area contributed by atoms with E-state index in [9.17, 15) is 17.2 Å². The molecule has 10 heteroatoms. The second-order valence-corrected chi connectivity index (χ2v) is 9.52. The fourth-order valence-electron chi connectivity index (χ4n) is 2.74. The van der Waals surface area contributed by atoms with E-state index < -0.39 is 32.4 Å². The molecule has 0 unspecified atom stereocenters. The van der Waals surface area contributed by atoms with E-state index in [1.54, 1.807) is 19.1 Å². The maximum absolute atomic E-state index is 14.6. The van der Waals surface area contributed by atoms with Crippen molar-refractivity contribution < 1.29 is 21.9 Å². The SMILES string of the molecule is COCc1ccc(F)c([C@H](C)Nc2cc(F)c(S(=O)(=O)c3n[c]cs3)cc2Cl)c1. The third kappa shape index (κ3) is 4.58. The molecule has 5 nitrogen and oxygen atoms in total. The average molecular weight is 458 g/mol. The zero-order valence-electron chi connectivity index (χ0n) is 15.4. The number of hydrogen-bond acceptors (Lipinski definition) is 6. The smallest absolute Gasteiger partial charge is 0.236 e.